The molecule has 1 aromatic rings. The van der Waals surface area contributed by atoms with Crippen molar-refractivity contribution in [1.82, 2.24) is 4.90 Å². The van der Waals surface area contributed by atoms with E-state index in [2.05, 4.69) is 10.2 Å². The molecule has 114 valence electrons. The summed E-state index contributed by atoms with van der Waals surface area (Å²) in [6.45, 7) is 4.73. The topological polar surface area (TPSA) is 111 Å². The lowest BCUT2D eigenvalue weighted by Crippen LogP contribution is -2.39. The Hall–Kier alpha value is -2.12. The Labute approximate surface area is 123 Å². The summed E-state index contributed by atoms with van der Waals surface area (Å²) in [6.07, 6.45) is 0. The van der Waals surface area contributed by atoms with Crippen LogP contribution in [0.4, 0.5) is 5.69 Å². The van der Waals surface area contributed by atoms with E-state index >= 15 is 0 Å². The van der Waals surface area contributed by atoms with Gasteiger partial charge in [-0.2, -0.15) is 0 Å². The number of nitrogens with one attached hydrogen (secondary N) is 1. The van der Waals surface area contributed by atoms with Gasteiger partial charge in [0.15, 0.2) is 0 Å². The number of benzene rings is 1. The number of ether oxygens (including phenoxy) is 1. The van der Waals surface area contributed by atoms with Crippen LogP contribution in [0.25, 0.3) is 0 Å². The highest BCUT2D eigenvalue weighted by Crippen LogP contribution is 2.17. The molecule has 7 nitrogen and oxygen atoms in total. The van der Waals surface area contributed by atoms with Crippen molar-refractivity contribution in [2.75, 3.05) is 44.7 Å². The normalized spacial score (nSPS) is 15.6. The average Bonchev–Trinajstić information content (AvgIpc) is 2.48. The fourth-order valence-electron chi connectivity index (χ4n) is 2.23. The summed E-state index contributed by atoms with van der Waals surface area (Å²) >= 11 is 0. The molecule has 0 aromatic heterocycles. The van der Waals surface area contributed by atoms with Crippen LogP contribution in [-0.4, -0.2) is 56.1 Å². The number of nitrogens with zero attached hydrogens (tertiary/aromatic N) is 1. The molecule has 0 aliphatic carbocycles. The van der Waals surface area contributed by atoms with E-state index in [0.29, 0.717) is 23.4 Å². The van der Waals surface area contributed by atoms with Crippen LogP contribution in [0.5, 0.6) is 0 Å². The molecule has 1 fully saturated rings. The molecule has 7 heteroatoms. The first-order chi connectivity index (χ1) is 10.1. The number of carbonyl (C=O) groups excluding carboxylic acids is 2. The standard InChI is InChI=1S/C14H20N4O3/c15-13(19)10-1-2-11(14(16)20)12(9-10)17-3-4-18-5-7-21-8-6-18/h1-2,9,17H,3-8H2,(H2,15,19)(H2,16,20). The van der Waals surface area contributed by atoms with Gasteiger partial charge in [-0.3, -0.25) is 14.5 Å². The molecule has 0 saturated carbocycles. The molecule has 2 rings (SSSR count). The van der Waals surface area contributed by atoms with E-state index < -0.39 is 11.8 Å². The maximum atomic E-state index is 11.4. The van der Waals surface area contributed by atoms with Crippen molar-refractivity contribution in [2.45, 2.75) is 0 Å². The third kappa shape index (κ3) is 4.17. The molecule has 1 aliphatic rings. The molecule has 21 heavy (non-hydrogen) atoms. The Morgan fingerprint density at radius 2 is 1.90 bits per heavy atom. The fraction of sp³-hybridized carbons (Fsp3) is 0.429. The number of hydrogen-bond donors (Lipinski definition) is 3. The first kappa shape index (κ1) is 15.3. The van der Waals surface area contributed by atoms with Gasteiger partial charge >= 0.3 is 0 Å². The number of anilines is 1. The third-order valence-corrected chi connectivity index (χ3v) is 3.42. The van der Waals surface area contributed by atoms with Crippen molar-refractivity contribution < 1.29 is 14.3 Å². The molecule has 5 N–H and O–H groups in total. The molecule has 0 radical (unpaired) electrons. The highest BCUT2D eigenvalue weighted by molar-refractivity contribution is 6.01. The van der Waals surface area contributed by atoms with Crippen molar-refractivity contribution in [3.8, 4) is 0 Å². The quantitative estimate of drug-likeness (QED) is 0.662. The van der Waals surface area contributed by atoms with E-state index in [1.165, 1.54) is 12.1 Å². The van der Waals surface area contributed by atoms with Gasteiger partial charge in [0.1, 0.15) is 0 Å². The minimum atomic E-state index is -0.542. The molecule has 0 bridgehead atoms. The number of nitrogens with two attached hydrogens (primary N) is 2. The zero-order chi connectivity index (χ0) is 15.2. The van der Waals surface area contributed by atoms with Gasteiger partial charge in [-0.05, 0) is 18.2 Å². The van der Waals surface area contributed by atoms with Gasteiger partial charge in [-0.25, -0.2) is 0 Å². The number of hydrogen-bond acceptors (Lipinski definition) is 5. The summed E-state index contributed by atoms with van der Waals surface area (Å²) in [5, 5.41) is 3.15. The average molecular weight is 292 g/mol. The Kier molecular flexibility index (Phi) is 5.13. The summed E-state index contributed by atoms with van der Waals surface area (Å²) in [5.41, 5.74) is 11.8. The molecule has 1 aliphatic heterocycles. The van der Waals surface area contributed by atoms with Crippen molar-refractivity contribution in [1.29, 1.82) is 0 Å². The van der Waals surface area contributed by atoms with Crippen LogP contribution in [0.15, 0.2) is 18.2 Å². The van der Waals surface area contributed by atoms with Gasteiger partial charge in [0.05, 0.1) is 18.8 Å². The SMILES string of the molecule is NC(=O)c1ccc(C(N)=O)c(NCCN2CCOCC2)c1. The van der Waals surface area contributed by atoms with E-state index in [-0.39, 0.29) is 0 Å². The predicted molar refractivity (Wildman–Crippen MR) is 79.2 cm³/mol. The van der Waals surface area contributed by atoms with Crippen molar-refractivity contribution in [2.24, 2.45) is 11.5 Å². The van der Waals surface area contributed by atoms with Gasteiger partial charge in [0, 0.05) is 37.4 Å². The summed E-state index contributed by atoms with van der Waals surface area (Å²) < 4.78 is 5.28. The Bertz CT molecular complexity index is 527. The van der Waals surface area contributed by atoms with Crippen molar-refractivity contribution in [3.05, 3.63) is 29.3 Å². The fourth-order valence-corrected chi connectivity index (χ4v) is 2.23. The minimum absolute atomic E-state index is 0.342. The molecule has 0 spiro atoms. The monoisotopic (exact) mass is 292 g/mol. The lowest BCUT2D eigenvalue weighted by atomic mass is 10.1. The van der Waals surface area contributed by atoms with Crippen LogP contribution >= 0.6 is 0 Å². The molecule has 2 amide bonds. The van der Waals surface area contributed by atoms with Crippen LogP contribution in [0.2, 0.25) is 0 Å². The zero-order valence-electron chi connectivity index (χ0n) is 11.8. The molecule has 1 saturated heterocycles. The lowest BCUT2D eigenvalue weighted by molar-refractivity contribution is 0.0398. The molecular weight excluding hydrogens is 272 g/mol. The summed E-state index contributed by atoms with van der Waals surface area (Å²) in [4.78, 5) is 24.9. The van der Waals surface area contributed by atoms with Crippen molar-refractivity contribution in [3.63, 3.8) is 0 Å². The summed E-state index contributed by atoms with van der Waals surface area (Å²) in [5.74, 6) is -1.08. The van der Waals surface area contributed by atoms with E-state index in [9.17, 15) is 9.59 Å². The number of carbonyl (C=O) groups is 2. The van der Waals surface area contributed by atoms with Crippen LogP contribution in [0.3, 0.4) is 0 Å². The summed E-state index contributed by atoms with van der Waals surface area (Å²) in [7, 11) is 0. The van der Waals surface area contributed by atoms with Crippen LogP contribution in [0.1, 0.15) is 20.7 Å². The zero-order valence-corrected chi connectivity index (χ0v) is 11.8. The maximum Gasteiger partial charge on any atom is 0.250 e. The van der Waals surface area contributed by atoms with E-state index in [4.69, 9.17) is 16.2 Å². The smallest absolute Gasteiger partial charge is 0.250 e. The lowest BCUT2D eigenvalue weighted by Gasteiger charge is -2.26. The Morgan fingerprint density at radius 1 is 1.19 bits per heavy atom. The molecule has 1 heterocycles. The number of rotatable bonds is 6. The van der Waals surface area contributed by atoms with E-state index in [1.54, 1.807) is 6.07 Å². The second-order valence-corrected chi connectivity index (χ2v) is 4.87. The molecule has 0 atom stereocenters. The second kappa shape index (κ2) is 7.05. The van der Waals surface area contributed by atoms with Crippen LogP contribution in [-0.2, 0) is 4.74 Å². The third-order valence-electron chi connectivity index (χ3n) is 3.42. The largest absolute Gasteiger partial charge is 0.383 e. The number of morpholine rings is 1. The summed E-state index contributed by atoms with van der Waals surface area (Å²) in [6, 6.07) is 4.57. The molecular formula is C14H20N4O3. The van der Waals surface area contributed by atoms with Gasteiger partial charge in [0.2, 0.25) is 5.91 Å². The number of primary amides is 2. The molecule has 1 aromatic carbocycles. The van der Waals surface area contributed by atoms with E-state index in [1.807, 2.05) is 0 Å². The van der Waals surface area contributed by atoms with Crippen LogP contribution in [0, 0.1) is 0 Å². The van der Waals surface area contributed by atoms with Crippen molar-refractivity contribution >= 4 is 17.5 Å². The first-order valence-electron chi connectivity index (χ1n) is 6.85. The Balaban J connectivity index is 2.00. The predicted octanol–water partition coefficient (Wildman–Crippen LogP) is -0.372. The highest BCUT2D eigenvalue weighted by atomic mass is 16.5. The minimum Gasteiger partial charge on any atom is -0.383 e. The van der Waals surface area contributed by atoms with Gasteiger partial charge < -0.3 is 21.5 Å². The maximum absolute atomic E-state index is 11.4. The first-order valence-corrected chi connectivity index (χ1v) is 6.85. The van der Waals surface area contributed by atoms with Crippen LogP contribution < -0.4 is 16.8 Å². The van der Waals surface area contributed by atoms with Gasteiger partial charge in [-0.15, -0.1) is 0 Å². The number of amides is 2. The second-order valence-electron chi connectivity index (χ2n) is 4.87. The Morgan fingerprint density at radius 3 is 2.52 bits per heavy atom. The van der Waals surface area contributed by atoms with Gasteiger partial charge in [-0.1, -0.05) is 0 Å². The highest BCUT2D eigenvalue weighted by Gasteiger charge is 2.13. The van der Waals surface area contributed by atoms with E-state index in [0.717, 1.165) is 32.8 Å². The van der Waals surface area contributed by atoms with Gasteiger partial charge in [0.25, 0.3) is 5.91 Å². The molecule has 0 unspecified atom stereocenters.